The van der Waals surface area contributed by atoms with Crippen molar-refractivity contribution in [3.63, 3.8) is 0 Å². The fourth-order valence-corrected chi connectivity index (χ4v) is 3.34. The van der Waals surface area contributed by atoms with E-state index in [9.17, 15) is 9.59 Å². The molecule has 1 aliphatic heterocycles. The molecule has 3 heterocycles. The van der Waals surface area contributed by atoms with E-state index >= 15 is 0 Å². The standard InChI is InChI=1S/C19H24N4O3/c1-12-16(13(2)26-22-12)9-19(25)23-8-4-5-18(23)17-7-6-15(11-21-17)10-20-14(3)24/h6-7,11,18H,4-5,8-10H2,1-3H3,(H,20,24). The number of carbonyl (C=O) groups is 2. The van der Waals surface area contributed by atoms with Gasteiger partial charge in [-0.15, -0.1) is 0 Å². The summed E-state index contributed by atoms with van der Waals surface area (Å²) in [7, 11) is 0. The maximum absolute atomic E-state index is 12.8. The van der Waals surface area contributed by atoms with Gasteiger partial charge in [-0.3, -0.25) is 14.6 Å². The summed E-state index contributed by atoms with van der Waals surface area (Å²) in [5.41, 5.74) is 3.48. The second-order valence-corrected chi connectivity index (χ2v) is 6.73. The number of pyridine rings is 1. The third-order valence-electron chi connectivity index (χ3n) is 4.81. The third-order valence-corrected chi connectivity index (χ3v) is 4.81. The Labute approximate surface area is 152 Å². The van der Waals surface area contributed by atoms with Gasteiger partial charge in [-0.1, -0.05) is 11.2 Å². The average Bonchev–Trinajstić information content (AvgIpc) is 3.23. The van der Waals surface area contributed by atoms with Crippen LogP contribution in [-0.4, -0.2) is 33.4 Å². The van der Waals surface area contributed by atoms with Gasteiger partial charge in [0, 0.05) is 31.8 Å². The second-order valence-electron chi connectivity index (χ2n) is 6.73. The van der Waals surface area contributed by atoms with Crippen molar-refractivity contribution in [2.75, 3.05) is 6.54 Å². The van der Waals surface area contributed by atoms with E-state index in [0.29, 0.717) is 18.7 Å². The lowest BCUT2D eigenvalue weighted by molar-refractivity contribution is -0.131. The summed E-state index contributed by atoms with van der Waals surface area (Å²) in [5.74, 6) is 0.707. The van der Waals surface area contributed by atoms with Gasteiger partial charge in [0.2, 0.25) is 11.8 Å². The maximum atomic E-state index is 12.8. The molecule has 1 unspecified atom stereocenters. The Morgan fingerprint density at radius 1 is 1.35 bits per heavy atom. The molecule has 1 N–H and O–H groups in total. The van der Waals surface area contributed by atoms with Gasteiger partial charge in [0.05, 0.1) is 23.9 Å². The minimum atomic E-state index is -0.0686. The van der Waals surface area contributed by atoms with Crippen molar-refractivity contribution in [1.29, 1.82) is 0 Å². The molecule has 26 heavy (non-hydrogen) atoms. The zero-order valence-electron chi connectivity index (χ0n) is 15.4. The molecule has 1 saturated heterocycles. The molecule has 0 radical (unpaired) electrons. The van der Waals surface area contributed by atoms with E-state index < -0.39 is 0 Å². The largest absolute Gasteiger partial charge is 0.361 e. The Balaban J connectivity index is 1.69. The number of aryl methyl sites for hydroxylation is 2. The lowest BCUT2D eigenvalue weighted by Gasteiger charge is -2.24. The summed E-state index contributed by atoms with van der Waals surface area (Å²) in [5, 5.41) is 6.68. The fourth-order valence-electron chi connectivity index (χ4n) is 3.34. The van der Waals surface area contributed by atoms with Gasteiger partial charge in [-0.05, 0) is 38.3 Å². The zero-order valence-corrected chi connectivity index (χ0v) is 15.4. The van der Waals surface area contributed by atoms with Gasteiger partial charge < -0.3 is 14.7 Å². The van der Waals surface area contributed by atoms with Gasteiger partial charge in [-0.25, -0.2) is 0 Å². The molecule has 7 nitrogen and oxygen atoms in total. The van der Waals surface area contributed by atoms with Crippen molar-refractivity contribution in [2.45, 2.75) is 52.6 Å². The van der Waals surface area contributed by atoms with Gasteiger partial charge >= 0.3 is 0 Å². The monoisotopic (exact) mass is 356 g/mol. The van der Waals surface area contributed by atoms with Crippen LogP contribution in [0.4, 0.5) is 0 Å². The average molecular weight is 356 g/mol. The third kappa shape index (κ3) is 3.92. The minimum absolute atomic E-state index is 0.00205. The molecule has 1 fully saturated rings. The normalized spacial score (nSPS) is 16.7. The van der Waals surface area contributed by atoms with E-state index in [1.165, 1.54) is 6.92 Å². The summed E-state index contributed by atoms with van der Waals surface area (Å²) >= 11 is 0. The number of rotatable bonds is 5. The van der Waals surface area contributed by atoms with Crippen molar-refractivity contribution in [3.8, 4) is 0 Å². The summed E-state index contributed by atoms with van der Waals surface area (Å²) in [6, 6.07) is 3.90. The number of amides is 2. The van der Waals surface area contributed by atoms with Crippen LogP contribution in [-0.2, 0) is 22.6 Å². The van der Waals surface area contributed by atoms with E-state index in [1.54, 1.807) is 6.20 Å². The summed E-state index contributed by atoms with van der Waals surface area (Å²) in [6.07, 6.45) is 3.94. The topological polar surface area (TPSA) is 88.3 Å². The van der Waals surface area contributed by atoms with Crippen molar-refractivity contribution >= 4 is 11.8 Å². The molecule has 0 bridgehead atoms. The van der Waals surface area contributed by atoms with Gasteiger partial charge in [-0.2, -0.15) is 0 Å². The molecule has 0 aliphatic carbocycles. The summed E-state index contributed by atoms with van der Waals surface area (Å²) in [4.78, 5) is 30.3. The number of aromatic nitrogens is 2. The zero-order chi connectivity index (χ0) is 18.7. The summed E-state index contributed by atoms with van der Waals surface area (Å²) < 4.78 is 5.16. The van der Waals surface area contributed by atoms with Crippen LogP contribution in [0.5, 0.6) is 0 Å². The van der Waals surface area contributed by atoms with Crippen LogP contribution in [0.2, 0.25) is 0 Å². The Bertz CT molecular complexity index is 778. The van der Waals surface area contributed by atoms with E-state index in [-0.39, 0.29) is 17.9 Å². The van der Waals surface area contributed by atoms with Crippen LogP contribution in [0, 0.1) is 13.8 Å². The highest BCUT2D eigenvalue weighted by Crippen LogP contribution is 2.31. The highest BCUT2D eigenvalue weighted by molar-refractivity contribution is 5.80. The Hall–Kier alpha value is -2.70. The Kier molecular flexibility index (Phi) is 5.35. The van der Waals surface area contributed by atoms with Gasteiger partial charge in [0.1, 0.15) is 5.76 Å². The molecule has 2 amide bonds. The van der Waals surface area contributed by atoms with Crippen molar-refractivity contribution in [1.82, 2.24) is 20.4 Å². The van der Waals surface area contributed by atoms with Crippen LogP contribution < -0.4 is 5.32 Å². The molecule has 3 rings (SSSR count). The number of hydrogen-bond donors (Lipinski definition) is 1. The van der Waals surface area contributed by atoms with Crippen LogP contribution in [0.3, 0.4) is 0 Å². The lowest BCUT2D eigenvalue weighted by atomic mass is 10.1. The Morgan fingerprint density at radius 3 is 2.77 bits per heavy atom. The first-order valence-corrected chi connectivity index (χ1v) is 8.86. The predicted molar refractivity (Wildman–Crippen MR) is 95.1 cm³/mol. The number of likely N-dealkylation sites (tertiary alicyclic amines) is 1. The number of nitrogens with one attached hydrogen (secondary N) is 1. The highest BCUT2D eigenvalue weighted by Gasteiger charge is 2.31. The van der Waals surface area contributed by atoms with Gasteiger partial charge in [0.15, 0.2) is 0 Å². The molecular weight excluding hydrogens is 332 g/mol. The molecule has 0 spiro atoms. The molecule has 2 aromatic rings. The molecule has 1 atom stereocenters. The first-order chi connectivity index (χ1) is 12.5. The molecule has 0 saturated carbocycles. The highest BCUT2D eigenvalue weighted by atomic mass is 16.5. The molecule has 0 aromatic carbocycles. The molecule has 7 heteroatoms. The quantitative estimate of drug-likeness (QED) is 0.887. The van der Waals surface area contributed by atoms with Crippen LogP contribution >= 0.6 is 0 Å². The smallest absolute Gasteiger partial charge is 0.227 e. The number of nitrogens with zero attached hydrogens (tertiary/aromatic N) is 3. The maximum Gasteiger partial charge on any atom is 0.227 e. The van der Waals surface area contributed by atoms with Crippen molar-refractivity contribution in [2.24, 2.45) is 0 Å². The summed E-state index contributed by atoms with van der Waals surface area (Å²) in [6.45, 7) is 6.38. The molecule has 1 aliphatic rings. The van der Waals surface area contributed by atoms with Crippen LogP contribution in [0.15, 0.2) is 22.9 Å². The lowest BCUT2D eigenvalue weighted by Crippen LogP contribution is -2.32. The van der Waals surface area contributed by atoms with Crippen molar-refractivity contribution in [3.05, 3.63) is 46.6 Å². The van der Waals surface area contributed by atoms with E-state index in [0.717, 1.165) is 41.9 Å². The van der Waals surface area contributed by atoms with E-state index in [4.69, 9.17) is 4.52 Å². The fraction of sp³-hybridized carbons (Fsp3) is 0.474. The molecule has 2 aromatic heterocycles. The first-order valence-electron chi connectivity index (χ1n) is 8.86. The number of hydrogen-bond acceptors (Lipinski definition) is 5. The minimum Gasteiger partial charge on any atom is -0.361 e. The van der Waals surface area contributed by atoms with Crippen molar-refractivity contribution < 1.29 is 14.1 Å². The first kappa shape index (κ1) is 18.1. The SMILES string of the molecule is CC(=O)NCc1ccc(C2CCCN2C(=O)Cc2c(C)noc2C)nc1. The van der Waals surface area contributed by atoms with E-state index in [1.807, 2.05) is 30.9 Å². The van der Waals surface area contributed by atoms with Crippen LogP contribution in [0.25, 0.3) is 0 Å². The van der Waals surface area contributed by atoms with Gasteiger partial charge in [0.25, 0.3) is 0 Å². The second kappa shape index (κ2) is 7.68. The molecule has 138 valence electrons. The van der Waals surface area contributed by atoms with E-state index in [2.05, 4.69) is 15.5 Å². The Morgan fingerprint density at radius 2 is 2.15 bits per heavy atom. The van der Waals surface area contributed by atoms with Crippen LogP contribution in [0.1, 0.15) is 54.1 Å². The number of carbonyl (C=O) groups excluding carboxylic acids is 2. The molecular formula is C19H24N4O3. The predicted octanol–water partition coefficient (Wildman–Crippen LogP) is 2.23.